The lowest BCUT2D eigenvalue weighted by Crippen LogP contribution is -2.12. The van der Waals surface area contributed by atoms with Crippen LogP contribution in [0.5, 0.6) is 5.75 Å². The summed E-state index contributed by atoms with van der Waals surface area (Å²) in [6, 6.07) is 7.65. The van der Waals surface area contributed by atoms with Crippen molar-refractivity contribution in [2.75, 3.05) is 12.9 Å². The van der Waals surface area contributed by atoms with Crippen LogP contribution in [-0.2, 0) is 0 Å². The molecule has 0 aromatic heterocycles. The fourth-order valence-electron chi connectivity index (χ4n) is 2.33. The van der Waals surface area contributed by atoms with Crippen LogP contribution >= 0.6 is 11.8 Å². The second-order valence-corrected chi connectivity index (χ2v) is 6.47. The number of nitrogens with one attached hydrogen (secondary N) is 1. The number of ether oxygens (including phenoxy) is 1. The van der Waals surface area contributed by atoms with Gasteiger partial charge < -0.3 is 4.74 Å². The molecule has 0 unspecified atom stereocenters. The van der Waals surface area contributed by atoms with E-state index >= 15 is 0 Å². The molecule has 0 saturated carbocycles. The summed E-state index contributed by atoms with van der Waals surface area (Å²) in [6.07, 6.45) is 14.2. The second kappa shape index (κ2) is 13.7. The van der Waals surface area contributed by atoms with Crippen molar-refractivity contribution in [3.63, 3.8) is 0 Å². The Bertz CT molecular complexity index is 508. The molecule has 0 atom stereocenters. The Kier molecular flexibility index (Phi) is 11.7. The van der Waals surface area contributed by atoms with Crippen molar-refractivity contribution in [1.82, 2.24) is 5.32 Å². The lowest BCUT2D eigenvalue weighted by atomic mass is 10.1. The summed E-state index contributed by atoms with van der Waals surface area (Å²) in [5.74, 6) is 0.871. The van der Waals surface area contributed by atoms with Crippen molar-refractivity contribution in [1.29, 1.82) is 5.26 Å². The molecule has 4 nitrogen and oxygen atoms in total. The number of hydrogen-bond acceptors (Lipinski definition) is 4. The molecule has 0 saturated heterocycles. The number of unbranched alkanes of at least 4 members (excludes halogenated alkanes) is 7. The van der Waals surface area contributed by atoms with E-state index in [4.69, 9.17) is 10.00 Å². The van der Waals surface area contributed by atoms with Crippen molar-refractivity contribution in [2.24, 2.45) is 4.99 Å². The molecule has 0 aliphatic carbocycles. The topological polar surface area (TPSA) is 57.4 Å². The van der Waals surface area contributed by atoms with Crippen molar-refractivity contribution >= 4 is 22.6 Å². The van der Waals surface area contributed by atoms with Gasteiger partial charge in [0.2, 0.25) is 0 Å². The summed E-state index contributed by atoms with van der Waals surface area (Å²) in [7, 11) is 0. The number of hydrogen-bond donors (Lipinski definition) is 1. The Morgan fingerprint density at radius 2 is 1.71 bits per heavy atom. The maximum Gasteiger partial charge on any atom is 0.183 e. The zero-order valence-electron chi connectivity index (χ0n) is 14.9. The first-order valence-corrected chi connectivity index (χ1v) is 10.0. The maximum absolute atomic E-state index is 8.63. The second-order valence-electron chi connectivity index (χ2n) is 5.68. The van der Waals surface area contributed by atoms with Gasteiger partial charge in [-0.3, -0.25) is 5.32 Å². The van der Waals surface area contributed by atoms with E-state index in [1.165, 1.54) is 56.7 Å². The molecule has 1 aromatic carbocycles. The van der Waals surface area contributed by atoms with Crippen LogP contribution in [-0.4, -0.2) is 18.0 Å². The van der Waals surface area contributed by atoms with Gasteiger partial charge in [-0.05, 0) is 36.9 Å². The van der Waals surface area contributed by atoms with E-state index in [0.717, 1.165) is 24.5 Å². The molecule has 0 aliphatic heterocycles. The number of rotatable bonds is 11. The Morgan fingerprint density at radius 1 is 1.08 bits per heavy atom. The van der Waals surface area contributed by atoms with Crippen LogP contribution in [0.1, 0.15) is 58.3 Å². The molecule has 1 aromatic rings. The van der Waals surface area contributed by atoms with E-state index in [2.05, 4.69) is 17.2 Å². The Labute approximate surface area is 150 Å². The molecule has 0 radical (unpaired) electrons. The van der Waals surface area contributed by atoms with Crippen LogP contribution in [0.3, 0.4) is 0 Å². The highest BCUT2D eigenvalue weighted by Crippen LogP contribution is 2.19. The van der Waals surface area contributed by atoms with Crippen molar-refractivity contribution in [3.05, 3.63) is 24.3 Å². The zero-order valence-corrected chi connectivity index (χ0v) is 15.7. The molecular formula is C19H29N3OS. The standard InChI is InChI=1S/C19H29N3OS/c1-3-4-5-6-7-8-9-10-15-23-18-13-11-17(12-14-18)22-19(24-2)21-16-20/h11-14H,3-10,15H2,1-2H3,(H,21,22). The highest BCUT2D eigenvalue weighted by molar-refractivity contribution is 8.13. The van der Waals surface area contributed by atoms with Gasteiger partial charge in [0, 0.05) is 0 Å². The van der Waals surface area contributed by atoms with Crippen LogP contribution in [0.4, 0.5) is 5.69 Å². The van der Waals surface area contributed by atoms with Gasteiger partial charge in [-0.15, -0.1) is 0 Å². The van der Waals surface area contributed by atoms with Gasteiger partial charge in [0.15, 0.2) is 11.4 Å². The smallest absolute Gasteiger partial charge is 0.183 e. The van der Waals surface area contributed by atoms with Gasteiger partial charge in [0.05, 0.1) is 12.3 Å². The molecular weight excluding hydrogens is 318 g/mol. The number of aliphatic imine (C=N–C) groups is 1. The zero-order chi connectivity index (χ0) is 17.5. The van der Waals surface area contributed by atoms with Gasteiger partial charge >= 0.3 is 0 Å². The average Bonchev–Trinajstić information content (AvgIpc) is 2.61. The molecule has 132 valence electrons. The SMILES string of the molecule is CCCCCCCCCCOc1ccc(N=C(NC#N)SC)cc1. The van der Waals surface area contributed by atoms with E-state index in [9.17, 15) is 0 Å². The molecule has 0 aliphatic rings. The predicted molar refractivity (Wildman–Crippen MR) is 104 cm³/mol. The molecule has 5 heteroatoms. The average molecular weight is 348 g/mol. The molecule has 0 amide bonds. The molecule has 24 heavy (non-hydrogen) atoms. The molecule has 1 rings (SSSR count). The van der Waals surface area contributed by atoms with Crippen LogP contribution in [0.15, 0.2) is 29.3 Å². The third-order valence-electron chi connectivity index (χ3n) is 3.69. The first kappa shape index (κ1) is 20.4. The first-order chi connectivity index (χ1) is 11.8. The number of nitrogens with zero attached hydrogens (tertiary/aromatic N) is 2. The monoisotopic (exact) mass is 347 g/mol. The van der Waals surface area contributed by atoms with Crippen LogP contribution in [0, 0.1) is 11.5 Å². The fraction of sp³-hybridized carbons (Fsp3) is 0.579. The van der Waals surface area contributed by atoms with Gasteiger partial charge in [-0.2, -0.15) is 5.26 Å². The van der Waals surface area contributed by atoms with Gasteiger partial charge in [-0.1, -0.05) is 63.6 Å². The fourth-order valence-corrected chi connectivity index (χ4v) is 2.68. The van der Waals surface area contributed by atoms with E-state index in [1.807, 2.05) is 36.7 Å². The van der Waals surface area contributed by atoms with Gasteiger partial charge in [-0.25, -0.2) is 4.99 Å². The summed E-state index contributed by atoms with van der Waals surface area (Å²) < 4.78 is 5.76. The van der Waals surface area contributed by atoms with Crippen LogP contribution in [0.25, 0.3) is 0 Å². The third-order valence-corrected chi connectivity index (χ3v) is 4.27. The van der Waals surface area contributed by atoms with Gasteiger partial charge in [0.25, 0.3) is 0 Å². The summed E-state index contributed by atoms with van der Waals surface area (Å²) in [4.78, 5) is 4.35. The Morgan fingerprint density at radius 3 is 2.29 bits per heavy atom. The summed E-state index contributed by atoms with van der Waals surface area (Å²) in [5, 5.41) is 11.8. The number of benzene rings is 1. The Hall–Kier alpha value is -1.67. The van der Waals surface area contributed by atoms with E-state index in [-0.39, 0.29) is 0 Å². The predicted octanol–water partition coefficient (Wildman–Crippen LogP) is 5.63. The molecule has 0 heterocycles. The first-order valence-electron chi connectivity index (χ1n) is 8.80. The minimum absolute atomic E-state index is 0.588. The number of amidine groups is 1. The van der Waals surface area contributed by atoms with Crippen LogP contribution in [0.2, 0.25) is 0 Å². The quantitative estimate of drug-likeness (QED) is 0.185. The molecule has 0 bridgehead atoms. The Balaban J connectivity index is 2.20. The number of thioether (sulfide) groups is 1. The lowest BCUT2D eigenvalue weighted by Gasteiger charge is -2.07. The van der Waals surface area contributed by atoms with E-state index < -0.39 is 0 Å². The maximum atomic E-state index is 8.63. The van der Waals surface area contributed by atoms with Crippen LogP contribution < -0.4 is 10.1 Å². The van der Waals surface area contributed by atoms with Gasteiger partial charge in [0.1, 0.15) is 5.75 Å². The molecule has 0 fully saturated rings. The summed E-state index contributed by atoms with van der Waals surface area (Å²) >= 11 is 1.41. The van der Waals surface area contributed by atoms with Crippen molar-refractivity contribution in [3.8, 4) is 11.9 Å². The van der Waals surface area contributed by atoms with Crippen molar-refractivity contribution < 1.29 is 4.74 Å². The highest BCUT2D eigenvalue weighted by atomic mass is 32.2. The minimum Gasteiger partial charge on any atom is -0.494 e. The third kappa shape index (κ3) is 9.46. The van der Waals surface area contributed by atoms with Crippen molar-refractivity contribution in [2.45, 2.75) is 58.3 Å². The summed E-state index contributed by atoms with van der Waals surface area (Å²) in [5.41, 5.74) is 0.807. The largest absolute Gasteiger partial charge is 0.494 e. The van der Waals surface area contributed by atoms with E-state index in [1.54, 1.807) is 0 Å². The van der Waals surface area contributed by atoms with E-state index in [0.29, 0.717) is 5.17 Å². The highest BCUT2D eigenvalue weighted by Gasteiger charge is 1.98. The molecule has 0 spiro atoms. The minimum atomic E-state index is 0.588. The number of nitriles is 1. The summed E-state index contributed by atoms with van der Waals surface area (Å²) in [6.45, 7) is 3.02. The normalized spacial score (nSPS) is 11.1. The lowest BCUT2D eigenvalue weighted by molar-refractivity contribution is 0.304. The molecule has 1 N–H and O–H groups in total.